The number of hydrogen-bond donors (Lipinski definition) is 4. The molecule has 4 N–H and O–H groups in total. The Morgan fingerprint density at radius 3 is 0.571 bits per heavy atom. The summed E-state index contributed by atoms with van der Waals surface area (Å²) >= 11 is 0. The van der Waals surface area contributed by atoms with Gasteiger partial charge in [0.15, 0.2) is 0 Å². The SMILES string of the molecule is C1CCNC1.C1CCNCC1.C1CCNCC1.C1CNC1.[HH].[HH].[HH]. The van der Waals surface area contributed by atoms with E-state index in [-0.39, 0.29) is 4.28 Å². The minimum absolute atomic E-state index is 0. The maximum atomic E-state index is 3.28. The maximum absolute atomic E-state index is 3.28. The second kappa shape index (κ2) is 16.2. The van der Waals surface area contributed by atoms with Gasteiger partial charge in [0.1, 0.15) is 0 Å². The first-order valence-electron chi connectivity index (χ1n) is 9.33. The molecule has 132 valence electrons. The van der Waals surface area contributed by atoms with Gasteiger partial charge in [0, 0.05) is 4.28 Å². The molecule has 0 spiro atoms. The maximum Gasteiger partial charge on any atom is 0 e. The van der Waals surface area contributed by atoms with E-state index in [2.05, 4.69) is 21.3 Å². The predicted octanol–water partition coefficient (Wildman–Crippen LogP) is 2.61. The van der Waals surface area contributed by atoms with Crippen molar-refractivity contribution < 1.29 is 4.28 Å². The second-order valence-corrected chi connectivity index (χ2v) is 6.18. The Balaban J connectivity index is -0.000000237. The van der Waals surface area contributed by atoms with Crippen LogP contribution in [0.15, 0.2) is 0 Å². The van der Waals surface area contributed by atoms with Crippen molar-refractivity contribution in [2.75, 3.05) is 52.4 Å². The molecule has 0 saturated carbocycles. The van der Waals surface area contributed by atoms with Gasteiger partial charge in [-0.25, -0.2) is 0 Å². The van der Waals surface area contributed by atoms with E-state index in [4.69, 9.17) is 0 Å². The number of nitrogens with one attached hydrogen (secondary N) is 4. The third kappa shape index (κ3) is 14.5. The Morgan fingerprint density at radius 1 is 0.286 bits per heavy atom. The van der Waals surface area contributed by atoms with Crippen molar-refractivity contribution in [3.63, 3.8) is 0 Å². The summed E-state index contributed by atoms with van der Waals surface area (Å²) in [5.74, 6) is 0. The van der Waals surface area contributed by atoms with Crippen LogP contribution < -0.4 is 21.3 Å². The van der Waals surface area contributed by atoms with Gasteiger partial charge in [-0.15, -0.1) is 0 Å². The molecule has 0 amide bonds. The largest absolute Gasteiger partial charge is 0.317 e. The zero-order chi connectivity index (χ0) is 14.8. The third-order valence-corrected chi connectivity index (χ3v) is 4.08. The van der Waals surface area contributed by atoms with Crippen LogP contribution >= 0.6 is 0 Å². The molecule has 4 saturated heterocycles. The van der Waals surface area contributed by atoms with Crippen LogP contribution in [-0.4, -0.2) is 52.4 Å². The van der Waals surface area contributed by atoms with Crippen LogP contribution in [-0.2, 0) is 0 Å². The lowest BCUT2D eigenvalue weighted by Crippen LogP contribution is -2.29. The first-order valence-corrected chi connectivity index (χ1v) is 9.33. The van der Waals surface area contributed by atoms with Gasteiger partial charge in [-0.05, 0) is 97.3 Å². The van der Waals surface area contributed by atoms with E-state index in [9.17, 15) is 0 Å². The van der Waals surface area contributed by atoms with E-state index in [0.29, 0.717) is 0 Å². The molecule has 0 aromatic heterocycles. The van der Waals surface area contributed by atoms with Crippen LogP contribution in [0.25, 0.3) is 0 Å². The molecule has 0 radical (unpaired) electrons. The van der Waals surface area contributed by atoms with Gasteiger partial charge in [0.25, 0.3) is 0 Å². The van der Waals surface area contributed by atoms with Gasteiger partial charge < -0.3 is 21.3 Å². The van der Waals surface area contributed by atoms with Gasteiger partial charge in [-0.2, -0.15) is 0 Å². The van der Waals surface area contributed by atoms with E-state index in [0.717, 1.165) is 0 Å². The quantitative estimate of drug-likeness (QED) is 0.556. The Labute approximate surface area is 136 Å². The summed E-state index contributed by atoms with van der Waals surface area (Å²) in [6, 6.07) is 0. The van der Waals surface area contributed by atoms with Crippen molar-refractivity contribution in [1.82, 2.24) is 21.3 Å². The van der Waals surface area contributed by atoms with Crippen molar-refractivity contribution in [2.45, 2.75) is 57.8 Å². The average Bonchev–Trinajstić information content (AvgIpc) is 3.09. The second-order valence-electron chi connectivity index (χ2n) is 6.18. The lowest BCUT2D eigenvalue weighted by molar-refractivity contribution is 0.520. The highest BCUT2D eigenvalue weighted by molar-refractivity contribution is 4.57. The fraction of sp³-hybridized carbons (Fsp3) is 1.00. The molecule has 21 heavy (non-hydrogen) atoms. The normalized spacial score (nSPS) is 24.0. The summed E-state index contributed by atoms with van der Waals surface area (Å²) in [4.78, 5) is 0. The van der Waals surface area contributed by atoms with Crippen LogP contribution in [0.3, 0.4) is 0 Å². The van der Waals surface area contributed by atoms with Crippen LogP contribution in [0, 0.1) is 0 Å². The fourth-order valence-corrected chi connectivity index (χ4v) is 2.41. The lowest BCUT2D eigenvalue weighted by Gasteiger charge is -2.09. The molecular formula is C17H44N4. The highest BCUT2D eigenvalue weighted by atomic mass is 14.9. The molecule has 4 heteroatoms. The highest BCUT2D eigenvalue weighted by Gasteiger charge is 1.94. The molecule has 4 aliphatic heterocycles. The molecule has 0 aromatic carbocycles. The van der Waals surface area contributed by atoms with Crippen molar-refractivity contribution in [1.29, 1.82) is 0 Å². The molecule has 0 atom stereocenters. The molecule has 0 aromatic rings. The Hall–Kier alpha value is -0.160. The smallest absolute Gasteiger partial charge is 0 e. The van der Waals surface area contributed by atoms with Gasteiger partial charge in [0.2, 0.25) is 0 Å². The summed E-state index contributed by atoms with van der Waals surface area (Å²) in [6.45, 7) is 10.0. The zero-order valence-electron chi connectivity index (χ0n) is 14.0. The van der Waals surface area contributed by atoms with Crippen LogP contribution in [0.4, 0.5) is 0 Å². The lowest BCUT2D eigenvalue weighted by atomic mass is 10.2. The third-order valence-electron chi connectivity index (χ3n) is 4.08. The highest BCUT2D eigenvalue weighted by Crippen LogP contribution is 1.97. The van der Waals surface area contributed by atoms with Crippen molar-refractivity contribution in [3.05, 3.63) is 0 Å². The van der Waals surface area contributed by atoms with Gasteiger partial charge in [0.05, 0.1) is 0 Å². The van der Waals surface area contributed by atoms with Gasteiger partial charge in [-0.1, -0.05) is 12.8 Å². The standard InChI is InChI=1S/2C5H11N.C4H9N.C3H7N.3H2/c2*1-2-4-6-5-3-1;1-2-4-5-3-1;1-2-4-3-1;;;/h2*6H,1-5H2;5H,1-4H2;4H,1-3H2;3*1H. The van der Waals surface area contributed by atoms with E-state index >= 15 is 0 Å². The minimum atomic E-state index is 0. The first-order chi connectivity index (χ1) is 10.5. The molecule has 4 rings (SSSR count). The van der Waals surface area contributed by atoms with Crippen molar-refractivity contribution in [2.24, 2.45) is 0 Å². The number of hydrogen-bond acceptors (Lipinski definition) is 4. The Bertz CT molecular complexity index is 150. The van der Waals surface area contributed by atoms with Crippen LogP contribution in [0.1, 0.15) is 62.1 Å². The van der Waals surface area contributed by atoms with Crippen molar-refractivity contribution in [3.8, 4) is 0 Å². The molecule has 4 fully saturated rings. The number of rotatable bonds is 0. The topological polar surface area (TPSA) is 48.1 Å². The van der Waals surface area contributed by atoms with E-state index in [1.54, 1.807) is 0 Å². The van der Waals surface area contributed by atoms with E-state index in [1.165, 1.54) is 110 Å². The first kappa shape index (κ1) is 18.9. The molecule has 0 aliphatic carbocycles. The summed E-state index contributed by atoms with van der Waals surface area (Å²) in [5, 5.41) is 12.9. The Kier molecular flexibility index (Phi) is 14.6. The molecule has 4 heterocycles. The zero-order valence-corrected chi connectivity index (χ0v) is 14.0. The Morgan fingerprint density at radius 2 is 0.476 bits per heavy atom. The molecule has 4 aliphatic rings. The summed E-state index contributed by atoms with van der Waals surface area (Å²) < 4.78 is 0. The van der Waals surface area contributed by atoms with Crippen molar-refractivity contribution >= 4 is 0 Å². The summed E-state index contributed by atoms with van der Waals surface area (Å²) in [6.07, 6.45) is 12.6. The molecule has 0 unspecified atom stereocenters. The summed E-state index contributed by atoms with van der Waals surface area (Å²) in [5.41, 5.74) is 0. The average molecular weight is 305 g/mol. The fourth-order valence-electron chi connectivity index (χ4n) is 2.41. The number of piperidine rings is 2. The van der Waals surface area contributed by atoms with E-state index in [1.807, 2.05) is 0 Å². The van der Waals surface area contributed by atoms with Crippen LogP contribution in [0.2, 0.25) is 0 Å². The molecule has 4 nitrogen and oxygen atoms in total. The predicted molar refractivity (Wildman–Crippen MR) is 99.4 cm³/mol. The van der Waals surface area contributed by atoms with Gasteiger partial charge >= 0.3 is 0 Å². The van der Waals surface area contributed by atoms with E-state index < -0.39 is 0 Å². The molecule has 0 bridgehead atoms. The monoisotopic (exact) mass is 304 g/mol. The molecular weight excluding hydrogens is 260 g/mol. The van der Waals surface area contributed by atoms with Crippen LogP contribution in [0.5, 0.6) is 0 Å². The minimum Gasteiger partial charge on any atom is -0.317 e. The van der Waals surface area contributed by atoms with Gasteiger partial charge in [-0.3, -0.25) is 0 Å². The summed E-state index contributed by atoms with van der Waals surface area (Å²) in [7, 11) is 0.